The summed E-state index contributed by atoms with van der Waals surface area (Å²) in [5.41, 5.74) is 0. The second-order valence-corrected chi connectivity index (χ2v) is 6.93. The molecule has 2 aromatic carbocycles. The Labute approximate surface area is 128 Å². The number of aliphatic hydroxyl groups is 1. The molecule has 0 heterocycles. The fourth-order valence-corrected chi connectivity index (χ4v) is 3.33. The second-order valence-electron chi connectivity index (χ2n) is 4.49. The minimum atomic E-state index is -3.54. The highest BCUT2D eigenvalue weighted by atomic mass is 35.5. The van der Waals surface area contributed by atoms with Gasteiger partial charge in [0.25, 0.3) is 0 Å². The van der Waals surface area contributed by atoms with Gasteiger partial charge in [0, 0.05) is 0 Å². The molecule has 0 aromatic heterocycles. The van der Waals surface area contributed by atoms with Crippen LogP contribution in [0.3, 0.4) is 0 Å². The zero-order valence-electron chi connectivity index (χ0n) is 11.1. The summed E-state index contributed by atoms with van der Waals surface area (Å²) in [5.74, 6) is 0.0110. The molecule has 0 spiro atoms. The van der Waals surface area contributed by atoms with Crippen LogP contribution in [-0.4, -0.2) is 32.0 Å². The van der Waals surface area contributed by atoms with Crippen LogP contribution in [0.25, 0.3) is 0 Å². The van der Waals surface area contributed by atoms with E-state index in [1.807, 2.05) is 0 Å². The van der Waals surface area contributed by atoms with Crippen LogP contribution in [0, 0.1) is 0 Å². The highest BCUT2D eigenvalue weighted by molar-refractivity contribution is 7.91. The fraction of sp³-hybridized carbons (Fsp3) is 0.200. The zero-order valence-corrected chi connectivity index (χ0v) is 12.7. The van der Waals surface area contributed by atoms with Crippen molar-refractivity contribution >= 4 is 21.4 Å². The largest absolute Gasteiger partial charge is 0.489 e. The van der Waals surface area contributed by atoms with Crippen molar-refractivity contribution in [3.05, 3.63) is 59.6 Å². The molecule has 0 saturated heterocycles. The third kappa shape index (κ3) is 4.46. The minimum absolute atomic E-state index is 0.143. The van der Waals surface area contributed by atoms with Crippen molar-refractivity contribution in [3.8, 4) is 5.75 Å². The Morgan fingerprint density at radius 3 is 2.33 bits per heavy atom. The normalized spacial score (nSPS) is 12.9. The van der Waals surface area contributed by atoms with Gasteiger partial charge >= 0.3 is 0 Å². The van der Waals surface area contributed by atoms with Gasteiger partial charge in [-0.15, -0.1) is 0 Å². The molecular formula is C15H15ClO4S. The Bertz CT molecular complexity index is 686. The monoisotopic (exact) mass is 326 g/mol. The molecule has 0 aliphatic carbocycles. The lowest BCUT2D eigenvalue weighted by molar-refractivity contribution is 0.125. The molecule has 4 nitrogen and oxygen atoms in total. The smallest absolute Gasteiger partial charge is 0.181 e. The van der Waals surface area contributed by atoms with Gasteiger partial charge in [0.15, 0.2) is 9.84 Å². The Morgan fingerprint density at radius 1 is 1.05 bits per heavy atom. The lowest BCUT2D eigenvalue weighted by atomic mass is 10.3. The summed E-state index contributed by atoms with van der Waals surface area (Å²) < 4.78 is 29.5. The highest BCUT2D eigenvalue weighted by Gasteiger charge is 2.20. The van der Waals surface area contributed by atoms with Gasteiger partial charge in [-0.2, -0.15) is 0 Å². The van der Waals surface area contributed by atoms with Crippen molar-refractivity contribution < 1.29 is 18.3 Å². The van der Waals surface area contributed by atoms with Gasteiger partial charge in [0.1, 0.15) is 18.5 Å². The van der Waals surface area contributed by atoms with Gasteiger partial charge in [-0.1, -0.05) is 41.9 Å². The van der Waals surface area contributed by atoms with E-state index in [0.29, 0.717) is 10.8 Å². The molecule has 0 aliphatic heterocycles. The van der Waals surface area contributed by atoms with Crippen LogP contribution in [0.1, 0.15) is 0 Å². The Kier molecular flexibility index (Phi) is 5.22. The Hall–Kier alpha value is -1.56. The summed E-state index contributed by atoms with van der Waals surface area (Å²) in [6.07, 6.45) is -1.13. The summed E-state index contributed by atoms with van der Waals surface area (Å²) in [4.78, 5) is 0.182. The van der Waals surface area contributed by atoms with E-state index in [9.17, 15) is 13.5 Å². The topological polar surface area (TPSA) is 63.6 Å². The Balaban J connectivity index is 1.96. The summed E-state index contributed by atoms with van der Waals surface area (Å²) in [6, 6.07) is 14.8. The molecule has 112 valence electrons. The maximum atomic E-state index is 12.1. The van der Waals surface area contributed by atoms with Crippen LogP contribution in [0.15, 0.2) is 59.5 Å². The first-order valence-corrected chi connectivity index (χ1v) is 8.35. The molecule has 1 N–H and O–H groups in total. The lowest BCUT2D eigenvalue weighted by Crippen LogP contribution is -2.27. The SMILES string of the molecule is O=S(=O)(C[C@H](O)COc1ccccc1Cl)c1ccccc1. The van der Waals surface area contributed by atoms with E-state index >= 15 is 0 Å². The fourth-order valence-electron chi connectivity index (χ4n) is 1.77. The molecule has 0 fully saturated rings. The average Bonchev–Trinajstić information content (AvgIpc) is 2.47. The molecule has 2 aromatic rings. The number of para-hydroxylation sites is 1. The third-order valence-corrected chi connectivity index (χ3v) is 4.91. The van der Waals surface area contributed by atoms with Gasteiger partial charge in [0.2, 0.25) is 0 Å². The van der Waals surface area contributed by atoms with Crippen molar-refractivity contribution in [2.45, 2.75) is 11.0 Å². The molecule has 0 radical (unpaired) electrons. The maximum absolute atomic E-state index is 12.1. The Morgan fingerprint density at radius 2 is 1.67 bits per heavy atom. The zero-order chi connectivity index (χ0) is 15.3. The van der Waals surface area contributed by atoms with E-state index < -0.39 is 21.7 Å². The van der Waals surface area contributed by atoms with Gasteiger partial charge < -0.3 is 9.84 Å². The van der Waals surface area contributed by atoms with Gasteiger partial charge in [-0.05, 0) is 24.3 Å². The van der Waals surface area contributed by atoms with Crippen molar-refractivity contribution in [1.29, 1.82) is 0 Å². The molecule has 2 rings (SSSR count). The predicted molar refractivity (Wildman–Crippen MR) is 81.4 cm³/mol. The molecule has 0 bridgehead atoms. The van der Waals surface area contributed by atoms with Gasteiger partial charge in [-0.25, -0.2) is 8.42 Å². The number of sulfone groups is 1. The lowest BCUT2D eigenvalue weighted by Gasteiger charge is -2.13. The molecule has 0 unspecified atom stereocenters. The third-order valence-electron chi connectivity index (χ3n) is 2.78. The van der Waals surface area contributed by atoms with Crippen molar-refractivity contribution in [3.63, 3.8) is 0 Å². The first-order chi connectivity index (χ1) is 9.99. The molecule has 6 heteroatoms. The quantitative estimate of drug-likeness (QED) is 0.886. The minimum Gasteiger partial charge on any atom is -0.489 e. The number of ether oxygens (including phenoxy) is 1. The molecule has 21 heavy (non-hydrogen) atoms. The van der Waals surface area contributed by atoms with Crippen LogP contribution in [-0.2, 0) is 9.84 Å². The number of rotatable bonds is 6. The molecule has 0 amide bonds. The van der Waals surface area contributed by atoms with Crippen LogP contribution in [0.5, 0.6) is 5.75 Å². The highest BCUT2D eigenvalue weighted by Crippen LogP contribution is 2.23. The average molecular weight is 327 g/mol. The first-order valence-electron chi connectivity index (χ1n) is 6.32. The van der Waals surface area contributed by atoms with Gasteiger partial charge in [-0.3, -0.25) is 0 Å². The van der Waals surface area contributed by atoms with Crippen LogP contribution >= 0.6 is 11.6 Å². The second kappa shape index (κ2) is 6.93. The number of halogens is 1. The van der Waals surface area contributed by atoms with E-state index in [4.69, 9.17) is 16.3 Å². The van der Waals surface area contributed by atoms with Crippen LogP contribution in [0.2, 0.25) is 5.02 Å². The number of hydrogen-bond acceptors (Lipinski definition) is 4. The maximum Gasteiger partial charge on any atom is 0.181 e. The van der Waals surface area contributed by atoms with Crippen LogP contribution < -0.4 is 4.74 Å². The van der Waals surface area contributed by atoms with Gasteiger partial charge in [0.05, 0.1) is 15.7 Å². The summed E-state index contributed by atoms with van der Waals surface area (Å²) in [5, 5.41) is 10.3. The van der Waals surface area contributed by atoms with Crippen molar-refractivity contribution in [1.82, 2.24) is 0 Å². The van der Waals surface area contributed by atoms with E-state index in [1.165, 1.54) is 12.1 Å². The first kappa shape index (κ1) is 15.8. The van der Waals surface area contributed by atoms with E-state index in [1.54, 1.807) is 42.5 Å². The van der Waals surface area contributed by atoms with E-state index in [2.05, 4.69) is 0 Å². The van der Waals surface area contributed by atoms with Crippen molar-refractivity contribution in [2.75, 3.05) is 12.4 Å². The number of benzene rings is 2. The molecule has 1 atom stereocenters. The van der Waals surface area contributed by atoms with Crippen LogP contribution in [0.4, 0.5) is 0 Å². The molecular weight excluding hydrogens is 312 g/mol. The predicted octanol–water partition coefficient (Wildman–Crippen LogP) is 2.55. The van der Waals surface area contributed by atoms with E-state index in [-0.39, 0.29) is 11.5 Å². The summed E-state index contributed by atoms with van der Waals surface area (Å²) in [7, 11) is -3.54. The number of hydrogen-bond donors (Lipinski definition) is 1. The standard InChI is InChI=1S/C15H15ClO4S/c16-14-8-4-5-9-15(14)20-10-12(17)11-21(18,19)13-6-2-1-3-7-13/h1-9,12,17H,10-11H2/t12-/m1/s1. The van der Waals surface area contributed by atoms with Crippen molar-refractivity contribution in [2.24, 2.45) is 0 Å². The molecule has 0 aliphatic rings. The summed E-state index contributed by atoms with van der Waals surface area (Å²) >= 11 is 5.91. The van der Waals surface area contributed by atoms with E-state index in [0.717, 1.165) is 0 Å². The molecule has 0 saturated carbocycles. The number of aliphatic hydroxyl groups excluding tert-OH is 1. The summed E-state index contributed by atoms with van der Waals surface area (Å²) in [6.45, 7) is -0.143.